The number of aliphatic hydroxyl groups is 2. The van der Waals surface area contributed by atoms with Gasteiger partial charge in [0.15, 0.2) is 0 Å². The van der Waals surface area contributed by atoms with Crippen molar-refractivity contribution in [2.24, 2.45) is 23.2 Å². The number of esters is 1. The zero-order valence-corrected chi connectivity index (χ0v) is 22.8. The molecule has 8 atom stereocenters. The van der Waals surface area contributed by atoms with Gasteiger partial charge in [0.25, 0.3) is 0 Å². The number of aromatic nitrogens is 1. The van der Waals surface area contributed by atoms with Gasteiger partial charge < -0.3 is 19.7 Å². The third-order valence-electron chi connectivity index (χ3n) is 7.79. The van der Waals surface area contributed by atoms with E-state index in [9.17, 15) is 19.8 Å². The summed E-state index contributed by atoms with van der Waals surface area (Å²) < 4.78 is 11.8. The van der Waals surface area contributed by atoms with Crippen LogP contribution in [0.2, 0.25) is 0 Å². The van der Waals surface area contributed by atoms with E-state index in [1.807, 2.05) is 32.2 Å². The Morgan fingerprint density at radius 3 is 2.46 bits per heavy atom. The van der Waals surface area contributed by atoms with Crippen molar-refractivity contribution in [3.8, 4) is 0 Å². The minimum absolute atomic E-state index is 0.00127. The summed E-state index contributed by atoms with van der Waals surface area (Å²) in [6.07, 6.45) is 2.50. The molecule has 3 rings (SSSR count). The monoisotopic (exact) mass is 507 g/mol. The number of rotatable bonds is 2. The molecule has 7 nitrogen and oxygen atoms in total. The Morgan fingerprint density at radius 1 is 1.14 bits per heavy atom. The summed E-state index contributed by atoms with van der Waals surface area (Å²) in [5.74, 6) is -2.45. The topological polar surface area (TPSA) is 109 Å². The van der Waals surface area contributed by atoms with E-state index in [2.05, 4.69) is 4.98 Å². The van der Waals surface area contributed by atoms with E-state index < -0.39 is 41.5 Å². The van der Waals surface area contributed by atoms with Crippen molar-refractivity contribution in [1.82, 2.24) is 4.98 Å². The summed E-state index contributed by atoms with van der Waals surface area (Å²) in [4.78, 5) is 31.0. The molecule has 0 amide bonds. The number of nitrogens with zero attached hydrogens (tertiary/aromatic N) is 1. The normalized spacial score (nSPS) is 37.5. The maximum atomic E-state index is 13.3. The molecule has 0 bridgehead atoms. The fourth-order valence-electron chi connectivity index (χ4n) is 5.14. The fourth-order valence-corrected chi connectivity index (χ4v) is 5.71. The lowest BCUT2D eigenvalue weighted by molar-refractivity contribution is -0.162. The first-order valence-electron chi connectivity index (χ1n) is 12.7. The minimum Gasteiger partial charge on any atom is -0.457 e. The van der Waals surface area contributed by atoms with Crippen LogP contribution in [0, 0.1) is 30.1 Å². The molecule has 0 saturated carbocycles. The molecular weight excluding hydrogens is 466 g/mol. The van der Waals surface area contributed by atoms with Crippen LogP contribution in [0.1, 0.15) is 77.9 Å². The fraction of sp³-hybridized carbons (Fsp3) is 0.741. The number of carbonyl (C=O) groups is 2. The van der Waals surface area contributed by atoms with Crippen LogP contribution in [0.15, 0.2) is 11.0 Å². The third-order valence-corrected chi connectivity index (χ3v) is 8.58. The Hall–Kier alpha value is -1.61. The summed E-state index contributed by atoms with van der Waals surface area (Å²) in [6, 6.07) is 0. The zero-order valence-electron chi connectivity index (χ0n) is 22.0. The van der Waals surface area contributed by atoms with E-state index in [0.29, 0.717) is 6.42 Å². The highest BCUT2D eigenvalue weighted by molar-refractivity contribution is 7.09. The SMILES string of the molecule is CC(=Cc1csc(C)n1)[C@@H]1C[C@@H]2O[C@@H]2CCC[C@H](C)C(O)C(C)C(=O)C(C)(C)[C@@H](O)C(C)C(=O)O1. The molecule has 196 valence electrons. The van der Waals surface area contributed by atoms with Gasteiger partial charge in [-0.1, -0.05) is 34.1 Å². The molecule has 2 fully saturated rings. The molecule has 35 heavy (non-hydrogen) atoms. The van der Waals surface area contributed by atoms with E-state index in [1.54, 1.807) is 39.0 Å². The van der Waals surface area contributed by atoms with E-state index in [-0.39, 0.29) is 23.9 Å². The number of fused-ring (bicyclic) bond motifs is 1. The summed E-state index contributed by atoms with van der Waals surface area (Å²) in [5, 5.41) is 24.8. The molecule has 0 aliphatic carbocycles. The van der Waals surface area contributed by atoms with Crippen molar-refractivity contribution >= 4 is 29.2 Å². The second kappa shape index (κ2) is 11.2. The lowest BCUT2D eigenvalue weighted by Gasteiger charge is -2.36. The van der Waals surface area contributed by atoms with Gasteiger partial charge in [-0.2, -0.15) is 0 Å². The summed E-state index contributed by atoms with van der Waals surface area (Å²) in [5.41, 5.74) is 0.461. The average Bonchev–Trinajstić information content (AvgIpc) is 3.42. The van der Waals surface area contributed by atoms with Gasteiger partial charge in [-0.15, -0.1) is 11.3 Å². The number of aliphatic hydroxyl groups excluding tert-OH is 2. The zero-order chi connectivity index (χ0) is 26.1. The van der Waals surface area contributed by atoms with Crippen molar-refractivity contribution in [2.45, 2.75) is 105 Å². The van der Waals surface area contributed by atoms with Crippen molar-refractivity contribution < 1.29 is 29.3 Å². The van der Waals surface area contributed by atoms with Gasteiger partial charge in [0.2, 0.25) is 0 Å². The number of carbonyl (C=O) groups excluding carboxylic acids is 2. The lowest BCUT2D eigenvalue weighted by atomic mass is 9.71. The Balaban J connectivity index is 1.87. The molecule has 2 aliphatic heterocycles. The Morgan fingerprint density at radius 2 is 1.83 bits per heavy atom. The number of cyclic esters (lactones) is 1. The molecule has 3 unspecified atom stereocenters. The predicted molar refractivity (Wildman–Crippen MR) is 136 cm³/mol. The Bertz CT molecular complexity index is 940. The van der Waals surface area contributed by atoms with E-state index in [4.69, 9.17) is 9.47 Å². The number of hydrogen-bond acceptors (Lipinski definition) is 8. The van der Waals surface area contributed by atoms with Crippen molar-refractivity contribution in [3.05, 3.63) is 21.7 Å². The maximum Gasteiger partial charge on any atom is 0.311 e. The number of aryl methyl sites for hydroxylation is 1. The average molecular weight is 508 g/mol. The van der Waals surface area contributed by atoms with Gasteiger partial charge in [-0.25, -0.2) is 4.98 Å². The van der Waals surface area contributed by atoms with Crippen LogP contribution >= 0.6 is 11.3 Å². The first-order chi connectivity index (χ1) is 16.3. The van der Waals surface area contributed by atoms with Crippen LogP contribution in [0.5, 0.6) is 0 Å². The summed E-state index contributed by atoms with van der Waals surface area (Å²) in [6.45, 7) is 12.4. The molecular formula is C27H41NO6S. The standard InChI is InChI=1S/C27H41NO6S/c1-14-9-8-10-20-22(33-20)12-21(15(2)11-19-13-35-18(5)28-19)34-26(32)17(4)25(31)27(6,7)24(30)16(3)23(14)29/h11,13-14,16-17,20-23,25,29,31H,8-10,12H2,1-7H3/t14-,16?,17?,20+,21-,22-,23?,25-/m0/s1. The number of Topliss-reactive ketones (excluding diaryl/α,β-unsaturated/α-hetero) is 1. The molecule has 0 spiro atoms. The first-order valence-corrected chi connectivity index (χ1v) is 13.6. The van der Waals surface area contributed by atoms with Gasteiger partial charge >= 0.3 is 5.97 Å². The van der Waals surface area contributed by atoms with Gasteiger partial charge in [0.1, 0.15) is 11.9 Å². The van der Waals surface area contributed by atoms with Crippen molar-refractivity contribution in [3.63, 3.8) is 0 Å². The number of ether oxygens (including phenoxy) is 2. The highest BCUT2D eigenvalue weighted by Crippen LogP contribution is 2.37. The first kappa shape index (κ1) is 28.0. The third kappa shape index (κ3) is 6.59. The molecule has 1 aromatic rings. The van der Waals surface area contributed by atoms with Gasteiger partial charge in [-0.05, 0) is 51.2 Å². The maximum absolute atomic E-state index is 13.3. The second-order valence-corrected chi connectivity index (χ2v) is 12.1. The molecule has 8 heteroatoms. The quantitative estimate of drug-likeness (QED) is 0.453. The summed E-state index contributed by atoms with van der Waals surface area (Å²) in [7, 11) is 0. The van der Waals surface area contributed by atoms with Crippen LogP contribution in [0.4, 0.5) is 0 Å². The molecule has 2 N–H and O–H groups in total. The highest BCUT2D eigenvalue weighted by atomic mass is 32.1. The lowest BCUT2D eigenvalue weighted by Crippen LogP contribution is -2.49. The van der Waals surface area contributed by atoms with Gasteiger partial charge in [0.05, 0.1) is 46.5 Å². The van der Waals surface area contributed by atoms with Crippen molar-refractivity contribution in [2.75, 3.05) is 0 Å². The molecule has 0 radical (unpaired) electrons. The second-order valence-electron chi connectivity index (χ2n) is 11.1. The number of hydrogen-bond donors (Lipinski definition) is 2. The van der Waals surface area contributed by atoms with E-state index >= 15 is 0 Å². The Kier molecular flexibility index (Phi) is 8.95. The number of epoxide rings is 1. The van der Waals surface area contributed by atoms with Crippen molar-refractivity contribution in [1.29, 1.82) is 0 Å². The number of ketones is 1. The van der Waals surface area contributed by atoms with Gasteiger partial charge in [-0.3, -0.25) is 9.59 Å². The highest BCUT2D eigenvalue weighted by Gasteiger charge is 2.46. The Labute approximate surface area is 212 Å². The van der Waals surface area contributed by atoms with Crippen LogP contribution in [-0.4, -0.2) is 57.5 Å². The van der Waals surface area contributed by atoms with Gasteiger partial charge in [0, 0.05) is 17.7 Å². The largest absolute Gasteiger partial charge is 0.457 e. The van der Waals surface area contributed by atoms with Crippen LogP contribution < -0.4 is 0 Å². The van der Waals surface area contributed by atoms with Crippen LogP contribution in [0.25, 0.3) is 6.08 Å². The summed E-state index contributed by atoms with van der Waals surface area (Å²) >= 11 is 1.56. The molecule has 1 aromatic heterocycles. The van der Waals surface area contributed by atoms with Crippen LogP contribution in [0.3, 0.4) is 0 Å². The molecule has 3 heterocycles. The van der Waals surface area contributed by atoms with E-state index in [1.165, 1.54) is 0 Å². The molecule has 0 aromatic carbocycles. The molecule has 2 saturated heterocycles. The minimum atomic E-state index is -1.25. The smallest absolute Gasteiger partial charge is 0.311 e. The number of thiazole rings is 1. The molecule has 2 aliphatic rings. The van der Waals surface area contributed by atoms with Crippen LogP contribution in [-0.2, 0) is 19.1 Å². The van der Waals surface area contributed by atoms with E-state index in [0.717, 1.165) is 35.5 Å². The predicted octanol–water partition coefficient (Wildman–Crippen LogP) is 4.33.